The van der Waals surface area contributed by atoms with Crippen molar-refractivity contribution in [2.75, 3.05) is 13.1 Å². The van der Waals surface area contributed by atoms with Gasteiger partial charge in [-0.05, 0) is 57.0 Å². The van der Waals surface area contributed by atoms with E-state index in [2.05, 4.69) is 45.2 Å². The zero-order valence-corrected chi connectivity index (χ0v) is 14.5. The Hall–Kier alpha value is -0.870. The van der Waals surface area contributed by atoms with Crippen molar-refractivity contribution in [3.8, 4) is 0 Å². The van der Waals surface area contributed by atoms with Crippen LogP contribution in [0.4, 0.5) is 0 Å². The average Bonchev–Trinajstić information content (AvgIpc) is 2.48. The molecule has 0 radical (unpaired) electrons. The Morgan fingerprint density at radius 3 is 2.76 bits per heavy atom. The molecule has 1 N–H and O–H groups in total. The summed E-state index contributed by atoms with van der Waals surface area (Å²) in [6, 6.07) is 8.25. The van der Waals surface area contributed by atoms with Crippen LogP contribution in [0.5, 0.6) is 0 Å². The molecule has 1 heterocycles. The molecule has 1 aliphatic heterocycles. The molecule has 1 fully saturated rings. The quantitative estimate of drug-likeness (QED) is 0.871. The molecular formula is C17H25BrN2O. The lowest BCUT2D eigenvalue weighted by atomic mass is 10.00. The van der Waals surface area contributed by atoms with E-state index in [1.165, 1.54) is 6.42 Å². The van der Waals surface area contributed by atoms with Crippen molar-refractivity contribution in [1.82, 2.24) is 10.2 Å². The van der Waals surface area contributed by atoms with Crippen LogP contribution in [0.25, 0.3) is 0 Å². The molecule has 0 spiro atoms. The molecule has 0 aromatic heterocycles. The van der Waals surface area contributed by atoms with Gasteiger partial charge in [-0.1, -0.05) is 41.4 Å². The van der Waals surface area contributed by atoms with E-state index in [-0.39, 0.29) is 18.0 Å². The minimum absolute atomic E-state index is 0.0519. The van der Waals surface area contributed by atoms with Crippen molar-refractivity contribution in [3.05, 3.63) is 34.3 Å². The first-order valence-corrected chi connectivity index (χ1v) is 8.71. The number of nitrogens with zero attached hydrogens (tertiary/aromatic N) is 1. The molecule has 1 saturated heterocycles. The highest BCUT2D eigenvalue weighted by Gasteiger charge is 2.28. The second kappa shape index (κ2) is 7.95. The maximum absolute atomic E-state index is 12.6. The van der Waals surface area contributed by atoms with E-state index in [4.69, 9.17) is 0 Å². The first-order valence-electron chi connectivity index (χ1n) is 7.91. The molecule has 0 saturated carbocycles. The number of hydrogen-bond acceptors (Lipinski definition) is 2. The zero-order chi connectivity index (χ0) is 15.2. The van der Waals surface area contributed by atoms with Gasteiger partial charge in [-0.2, -0.15) is 0 Å². The van der Waals surface area contributed by atoms with Crippen molar-refractivity contribution in [2.45, 2.75) is 51.6 Å². The fraction of sp³-hybridized carbons (Fsp3) is 0.588. The van der Waals surface area contributed by atoms with Crippen LogP contribution in [0.1, 0.15) is 51.1 Å². The number of benzene rings is 1. The van der Waals surface area contributed by atoms with Gasteiger partial charge in [0.1, 0.15) is 0 Å². The number of likely N-dealkylation sites (tertiary alicyclic amines) is 1. The van der Waals surface area contributed by atoms with Crippen LogP contribution in [0, 0.1) is 0 Å². The minimum Gasteiger partial charge on any atom is -0.348 e. The third-order valence-corrected chi connectivity index (χ3v) is 4.68. The van der Waals surface area contributed by atoms with E-state index in [1.807, 2.05) is 19.1 Å². The first-order chi connectivity index (χ1) is 10.1. The second-order valence-corrected chi connectivity index (χ2v) is 6.75. The lowest BCUT2D eigenvalue weighted by molar-refractivity contribution is -0.128. The second-order valence-electron chi connectivity index (χ2n) is 5.83. The summed E-state index contributed by atoms with van der Waals surface area (Å²) in [5.74, 6) is 0.179. The van der Waals surface area contributed by atoms with Crippen LogP contribution in [0.2, 0.25) is 0 Å². The molecule has 1 amide bonds. The minimum atomic E-state index is 0.0519. The predicted octanol–water partition coefficient (Wildman–Crippen LogP) is 3.89. The van der Waals surface area contributed by atoms with Crippen LogP contribution in [0.15, 0.2) is 28.7 Å². The number of amides is 1. The molecule has 0 bridgehead atoms. The summed E-state index contributed by atoms with van der Waals surface area (Å²) in [4.78, 5) is 14.9. The van der Waals surface area contributed by atoms with Crippen LogP contribution in [-0.4, -0.2) is 29.9 Å². The molecule has 2 rings (SSSR count). The summed E-state index contributed by atoms with van der Waals surface area (Å²) in [5, 5.41) is 3.18. The van der Waals surface area contributed by atoms with Crippen LogP contribution in [-0.2, 0) is 4.79 Å². The molecular weight excluding hydrogens is 328 g/mol. The molecule has 0 aliphatic carbocycles. The number of nitrogens with one attached hydrogen (secondary N) is 1. The Balaban J connectivity index is 1.97. The van der Waals surface area contributed by atoms with Crippen molar-refractivity contribution in [2.24, 2.45) is 0 Å². The number of rotatable bonds is 5. The largest absolute Gasteiger partial charge is 0.348 e. The highest BCUT2D eigenvalue weighted by atomic mass is 79.9. The van der Waals surface area contributed by atoms with Gasteiger partial charge in [0.05, 0.1) is 12.1 Å². The number of halogens is 1. The maximum atomic E-state index is 12.6. The Morgan fingerprint density at radius 1 is 1.38 bits per heavy atom. The zero-order valence-electron chi connectivity index (χ0n) is 12.9. The normalized spacial score (nSPS) is 21.0. The molecule has 3 nitrogen and oxygen atoms in total. The summed E-state index contributed by atoms with van der Waals surface area (Å²) in [5.41, 5.74) is 1.14. The monoisotopic (exact) mass is 352 g/mol. The molecule has 1 aromatic carbocycles. The molecule has 21 heavy (non-hydrogen) atoms. The molecule has 116 valence electrons. The third-order valence-electron chi connectivity index (χ3n) is 4.16. The Labute approximate surface area is 136 Å². The molecule has 1 aromatic rings. The summed E-state index contributed by atoms with van der Waals surface area (Å²) >= 11 is 3.44. The fourth-order valence-electron chi connectivity index (χ4n) is 2.99. The van der Waals surface area contributed by atoms with Gasteiger partial charge in [0, 0.05) is 4.47 Å². The topological polar surface area (TPSA) is 32.3 Å². The maximum Gasteiger partial charge on any atom is 0.237 e. The predicted molar refractivity (Wildman–Crippen MR) is 90.2 cm³/mol. The van der Waals surface area contributed by atoms with Gasteiger partial charge in [-0.3, -0.25) is 9.69 Å². The van der Waals surface area contributed by atoms with Crippen LogP contribution < -0.4 is 5.32 Å². The molecule has 2 atom stereocenters. The van der Waals surface area contributed by atoms with Crippen molar-refractivity contribution < 1.29 is 4.79 Å². The Morgan fingerprint density at radius 2 is 2.10 bits per heavy atom. The number of carbonyl (C=O) groups excluding carboxylic acids is 1. The van der Waals surface area contributed by atoms with E-state index in [9.17, 15) is 4.79 Å². The standard InChI is InChI=1S/C17H25BrN2O/c1-3-11-20-12-5-4-6-16(20)17(21)19-13(2)14-7-9-15(18)10-8-14/h7-10,13,16H,3-6,11-12H2,1-2H3,(H,19,21). The van der Waals surface area contributed by atoms with Gasteiger partial charge in [0.15, 0.2) is 0 Å². The van der Waals surface area contributed by atoms with Gasteiger partial charge in [-0.15, -0.1) is 0 Å². The van der Waals surface area contributed by atoms with Crippen molar-refractivity contribution >= 4 is 21.8 Å². The van der Waals surface area contributed by atoms with E-state index in [0.717, 1.165) is 42.4 Å². The van der Waals surface area contributed by atoms with Gasteiger partial charge in [0.2, 0.25) is 5.91 Å². The lowest BCUT2D eigenvalue weighted by Crippen LogP contribution is -2.50. The van der Waals surface area contributed by atoms with Gasteiger partial charge in [0.25, 0.3) is 0 Å². The third kappa shape index (κ3) is 4.55. The van der Waals surface area contributed by atoms with Crippen LogP contribution >= 0.6 is 15.9 Å². The Kier molecular flexibility index (Phi) is 6.24. The summed E-state index contributed by atoms with van der Waals surface area (Å²) < 4.78 is 1.06. The Bertz CT molecular complexity index is 458. The highest BCUT2D eigenvalue weighted by molar-refractivity contribution is 9.10. The van der Waals surface area contributed by atoms with Crippen molar-refractivity contribution in [3.63, 3.8) is 0 Å². The highest BCUT2D eigenvalue weighted by Crippen LogP contribution is 2.20. The number of piperidine rings is 1. The number of carbonyl (C=O) groups is 1. The van der Waals surface area contributed by atoms with E-state index >= 15 is 0 Å². The summed E-state index contributed by atoms with van der Waals surface area (Å²) in [6.45, 7) is 6.30. The van der Waals surface area contributed by atoms with E-state index < -0.39 is 0 Å². The average molecular weight is 353 g/mol. The van der Waals surface area contributed by atoms with Gasteiger partial charge >= 0.3 is 0 Å². The summed E-state index contributed by atoms with van der Waals surface area (Å²) in [7, 11) is 0. The SMILES string of the molecule is CCCN1CCCCC1C(=O)NC(C)c1ccc(Br)cc1. The molecule has 2 unspecified atom stereocenters. The summed E-state index contributed by atoms with van der Waals surface area (Å²) in [6.07, 6.45) is 4.46. The number of hydrogen-bond donors (Lipinski definition) is 1. The molecule has 4 heteroatoms. The first kappa shape index (κ1) is 16.5. The van der Waals surface area contributed by atoms with Gasteiger partial charge < -0.3 is 5.32 Å². The lowest BCUT2D eigenvalue weighted by Gasteiger charge is -2.35. The van der Waals surface area contributed by atoms with Crippen molar-refractivity contribution in [1.29, 1.82) is 0 Å². The van der Waals surface area contributed by atoms with E-state index in [1.54, 1.807) is 0 Å². The van der Waals surface area contributed by atoms with E-state index in [0.29, 0.717) is 0 Å². The fourth-order valence-corrected chi connectivity index (χ4v) is 3.25. The van der Waals surface area contributed by atoms with Crippen LogP contribution in [0.3, 0.4) is 0 Å². The smallest absolute Gasteiger partial charge is 0.237 e. The van der Waals surface area contributed by atoms with Gasteiger partial charge in [-0.25, -0.2) is 0 Å². The molecule has 1 aliphatic rings.